The van der Waals surface area contributed by atoms with Gasteiger partial charge in [0.2, 0.25) is 0 Å². The van der Waals surface area contributed by atoms with E-state index in [4.69, 9.17) is 5.10 Å². The minimum absolute atomic E-state index is 0.585. The van der Waals surface area contributed by atoms with Crippen molar-refractivity contribution < 1.29 is 0 Å². The van der Waals surface area contributed by atoms with Gasteiger partial charge in [-0.25, -0.2) is 0 Å². The van der Waals surface area contributed by atoms with Gasteiger partial charge in [-0.15, -0.1) is 12.6 Å². The van der Waals surface area contributed by atoms with Gasteiger partial charge in [0.05, 0.1) is 18.4 Å². The molecule has 0 saturated carbocycles. The maximum Gasteiger partial charge on any atom is 0.0722 e. The Kier molecular flexibility index (Phi) is 8.57. The van der Waals surface area contributed by atoms with Crippen molar-refractivity contribution in [2.24, 2.45) is 5.10 Å². The largest absolute Gasteiger partial charge is 0.311 e. The Labute approximate surface area is 213 Å². The zero-order chi connectivity index (χ0) is 24.3. The van der Waals surface area contributed by atoms with E-state index >= 15 is 0 Å². The highest BCUT2D eigenvalue weighted by Gasteiger charge is 2.11. The lowest BCUT2D eigenvalue weighted by atomic mass is 10.1. The molecule has 0 atom stereocenters. The fraction of sp³-hybridized carbons (Fsp3) is 0.0645. The Morgan fingerprint density at radius 1 is 0.686 bits per heavy atom. The molecule has 0 amide bonds. The molecule has 4 aromatic carbocycles. The van der Waals surface area contributed by atoms with Crippen LogP contribution in [0.3, 0.4) is 0 Å². The molecule has 35 heavy (non-hydrogen) atoms. The van der Waals surface area contributed by atoms with Crippen molar-refractivity contribution in [2.75, 3.05) is 16.5 Å². The molecule has 0 N–H and O–H groups in total. The van der Waals surface area contributed by atoms with Gasteiger partial charge in [0.1, 0.15) is 0 Å². The minimum atomic E-state index is 0.585. The number of nitrogens with zero attached hydrogens (tertiary/aromatic N) is 3. The molecule has 0 radical (unpaired) electrons. The number of anilines is 4. The number of thiol groups is 1. The number of allylic oxidation sites excluding steroid dienone is 3. The Morgan fingerprint density at radius 3 is 1.69 bits per heavy atom. The van der Waals surface area contributed by atoms with Crippen LogP contribution >= 0.6 is 12.6 Å². The highest BCUT2D eigenvalue weighted by molar-refractivity contribution is 7.84. The second kappa shape index (κ2) is 12.4. The molecule has 0 spiro atoms. The van der Waals surface area contributed by atoms with E-state index in [1.54, 1.807) is 0 Å². The van der Waals surface area contributed by atoms with Gasteiger partial charge in [0.25, 0.3) is 0 Å². The van der Waals surface area contributed by atoms with Crippen LogP contribution in [0.2, 0.25) is 0 Å². The lowest BCUT2D eigenvalue weighted by Crippen LogP contribution is -2.18. The average molecular weight is 476 g/mol. The summed E-state index contributed by atoms with van der Waals surface area (Å²) < 4.78 is 0. The zero-order valence-electron chi connectivity index (χ0n) is 19.8. The van der Waals surface area contributed by atoms with Crippen molar-refractivity contribution in [1.82, 2.24) is 0 Å². The number of hydrogen-bond donors (Lipinski definition) is 1. The maximum atomic E-state index is 4.78. The zero-order valence-corrected chi connectivity index (χ0v) is 20.7. The lowest BCUT2D eigenvalue weighted by Gasteiger charge is -2.25. The maximum absolute atomic E-state index is 4.78. The molecule has 174 valence electrons. The number of hydrazone groups is 1. The smallest absolute Gasteiger partial charge is 0.0722 e. The van der Waals surface area contributed by atoms with Crippen LogP contribution < -0.4 is 9.91 Å². The summed E-state index contributed by atoms with van der Waals surface area (Å²) in [6.45, 7) is 2.58. The van der Waals surface area contributed by atoms with Gasteiger partial charge in [0, 0.05) is 22.0 Å². The van der Waals surface area contributed by atoms with Gasteiger partial charge in [-0.2, -0.15) is 5.10 Å². The van der Waals surface area contributed by atoms with Gasteiger partial charge in [-0.05, 0) is 61.0 Å². The third-order valence-electron chi connectivity index (χ3n) is 5.37. The van der Waals surface area contributed by atoms with E-state index in [2.05, 4.69) is 102 Å². The Morgan fingerprint density at radius 2 is 1.17 bits per heavy atom. The van der Waals surface area contributed by atoms with Gasteiger partial charge in [-0.1, -0.05) is 85.0 Å². The molecule has 4 rings (SSSR count). The summed E-state index contributed by atoms with van der Waals surface area (Å²) in [7, 11) is 0. The molecule has 0 saturated heterocycles. The molecule has 0 aliphatic carbocycles. The molecule has 4 aromatic rings. The first-order valence-corrected chi connectivity index (χ1v) is 12.1. The standard InChI is InChI=1S/C31H29N3S/c1-2-3-19-31(35)25-33(27-13-7-4-8-14-27)32-24-26-20-22-30(23-21-26)34(28-15-9-5-10-16-28)29-17-11-6-12-18-29/h2-24,35H,25H2,1H3/b3-2-,31-19-,32-24?. The number of para-hydroxylation sites is 3. The van der Waals surface area contributed by atoms with Crippen molar-refractivity contribution in [1.29, 1.82) is 0 Å². The van der Waals surface area contributed by atoms with Crippen molar-refractivity contribution in [3.05, 3.63) is 144 Å². The van der Waals surface area contributed by atoms with Gasteiger partial charge in [-0.3, -0.25) is 5.01 Å². The molecule has 0 heterocycles. The summed E-state index contributed by atoms with van der Waals surface area (Å²) in [4.78, 5) is 3.18. The van der Waals surface area contributed by atoms with Crippen molar-refractivity contribution in [2.45, 2.75) is 6.92 Å². The monoisotopic (exact) mass is 475 g/mol. The van der Waals surface area contributed by atoms with Crippen LogP contribution in [0.5, 0.6) is 0 Å². The van der Waals surface area contributed by atoms with Gasteiger partial charge < -0.3 is 4.90 Å². The summed E-state index contributed by atoms with van der Waals surface area (Å²) in [6.07, 6.45) is 7.86. The Hall–Kier alpha value is -4.02. The lowest BCUT2D eigenvalue weighted by molar-refractivity contribution is 0.939. The molecular formula is C31H29N3S. The summed E-state index contributed by atoms with van der Waals surface area (Å²) >= 11 is 4.63. The quantitative estimate of drug-likeness (QED) is 0.113. The summed E-state index contributed by atoms with van der Waals surface area (Å²) in [5.74, 6) is 0. The van der Waals surface area contributed by atoms with Crippen LogP contribution in [0.25, 0.3) is 0 Å². The van der Waals surface area contributed by atoms with Crippen LogP contribution in [-0.4, -0.2) is 12.8 Å². The first-order valence-electron chi connectivity index (χ1n) is 11.6. The third-order valence-corrected chi connectivity index (χ3v) is 5.66. The molecule has 0 unspecified atom stereocenters. The Bertz CT molecular complexity index is 1230. The van der Waals surface area contributed by atoms with Gasteiger partial charge >= 0.3 is 0 Å². The number of rotatable bonds is 9. The van der Waals surface area contributed by atoms with E-state index in [0.717, 1.165) is 33.2 Å². The summed E-state index contributed by atoms with van der Waals surface area (Å²) in [6, 6.07) is 39.4. The second-order valence-corrected chi connectivity index (χ2v) is 8.49. The normalized spacial score (nSPS) is 11.8. The fourth-order valence-electron chi connectivity index (χ4n) is 3.66. The van der Waals surface area contributed by atoms with E-state index in [1.807, 2.05) is 66.7 Å². The van der Waals surface area contributed by atoms with E-state index in [1.165, 1.54) is 0 Å². The predicted molar refractivity (Wildman–Crippen MR) is 154 cm³/mol. The SMILES string of the molecule is C/C=C\C=C(/S)CN(N=Cc1ccc(N(c2ccccc2)c2ccccc2)cc1)c1ccccc1. The second-order valence-electron chi connectivity index (χ2n) is 7.92. The number of hydrogen-bond acceptors (Lipinski definition) is 4. The van der Waals surface area contributed by atoms with E-state index in [0.29, 0.717) is 6.54 Å². The van der Waals surface area contributed by atoms with Crippen molar-refractivity contribution in [3.8, 4) is 0 Å². The van der Waals surface area contributed by atoms with E-state index in [9.17, 15) is 0 Å². The molecule has 3 nitrogen and oxygen atoms in total. The first-order chi connectivity index (χ1) is 17.2. The van der Waals surface area contributed by atoms with E-state index in [-0.39, 0.29) is 0 Å². The summed E-state index contributed by atoms with van der Waals surface area (Å²) in [5.41, 5.74) is 5.36. The predicted octanol–water partition coefficient (Wildman–Crippen LogP) is 8.39. The molecule has 4 heteroatoms. The topological polar surface area (TPSA) is 18.8 Å². The molecule has 0 aromatic heterocycles. The molecule has 0 aliphatic rings. The third kappa shape index (κ3) is 6.75. The van der Waals surface area contributed by atoms with Crippen LogP contribution in [0.15, 0.2) is 143 Å². The molecule has 0 fully saturated rings. The first kappa shape index (κ1) is 24.1. The van der Waals surface area contributed by atoms with Crippen molar-refractivity contribution >= 4 is 41.6 Å². The van der Waals surface area contributed by atoms with Crippen LogP contribution in [0, 0.1) is 0 Å². The minimum Gasteiger partial charge on any atom is -0.311 e. The highest BCUT2D eigenvalue weighted by atomic mass is 32.1. The fourth-order valence-corrected chi connectivity index (χ4v) is 3.88. The molecular weight excluding hydrogens is 446 g/mol. The average Bonchev–Trinajstić information content (AvgIpc) is 2.92. The van der Waals surface area contributed by atoms with E-state index < -0.39 is 0 Å². The van der Waals surface area contributed by atoms with Crippen molar-refractivity contribution in [3.63, 3.8) is 0 Å². The number of benzene rings is 4. The van der Waals surface area contributed by atoms with Crippen LogP contribution in [0.1, 0.15) is 12.5 Å². The summed E-state index contributed by atoms with van der Waals surface area (Å²) in [5, 5.41) is 6.74. The molecule has 0 bridgehead atoms. The van der Waals surface area contributed by atoms with Crippen LogP contribution in [-0.2, 0) is 0 Å². The molecule has 0 aliphatic heterocycles. The van der Waals surface area contributed by atoms with Crippen LogP contribution in [0.4, 0.5) is 22.7 Å². The highest BCUT2D eigenvalue weighted by Crippen LogP contribution is 2.33. The van der Waals surface area contributed by atoms with Gasteiger partial charge in [0.15, 0.2) is 0 Å². The Balaban J connectivity index is 1.59.